The molecule has 2 aromatic rings. The lowest BCUT2D eigenvalue weighted by Crippen LogP contribution is -2.38. The van der Waals surface area contributed by atoms with Gasteiger partial charge in [-0.2, -0.15) is 0 Å². The van der Waals surface area contributed by atoms with Gasteiger partial charge in [0, 0.05) is 24.2 Å². The molecule has 0 radical (unpaired) electrons. The van der Waals surface area contributed by atoms with Gasteiger partial charge in [0.1, 0.15) is 0 Å². The standard InChI is InChI=1S/C20H28N2/c1-4-17-9-7-8-12-22(17)14-16-13-21-20(15(2)3)19-11-6-5-10-18(16)19/h5-6,10-11,13,15,17H,4,7-9,12,14H2,1-3H3. The van der Waals surface area contributed by atoms with Crippen molar-refractivity contribution in [1.29, 1.82) is 0 Å². The number of aromatic nitrogens is 1. The number of rotatable bonds is 4. The molecule has 3 rings (SSSR count). The summed E-state index contributed by atoms with van der Waals surface area (Å²) in [6, 6.07) is 9.54. The van der Waals surface area contributed by atoms with E-state index < -0.39 is 0 Å². The van der Waals surface area contributed by atoms with Crippen LogP contribution in [-0.2, 0) is 6.54 Å². The van der Waals surface area contributed by atoms with Crippen molar-refractivity contribution in [2.75, 3.05) is 6.54 Å². The number of fused-ring (bicyclic) bond motifs is 1. The summed E-state index contributed by atoms with van der Waals surface area (Å²) in [5.41, 5.74) is 2.62. The van der Waals surface area contributed by atoms with Crippen molar-refractivity contribution >= 4 is 10.8 Å². The van der Waals surface area contributed by atoms with Crippen LogP contribution < -0.4 is 0 Å². The van der Waals surface area contributed by atoms with Crippen LogP contribution in [0.5, 0.6) is 0 Å². The minimum absolute atomic E-state index is 0.470. The first-order valence-electron chi connectivity index (χ1n) is 8.81. The molecule has 1 fully saturated rings. The highest BCUT2D eigenvalue weighted by atomic mass is 15.2. The first-order valence-corrected chi connectivity index (χ1v) is 8.81. The largest absolute Gasteiger partial charge is 0.296 e. The fraction of sp³-hybridized carbons (Fsp3) is 0.550. The van der Waals surface area contributed by atoms with Crippen molar-refractivity contribution < 1.29 is 0 Å². The molecule has 1 aliphatic heterocycles. The maximum atomic E-state index is 4.80. The van der Waals surface area contributed by atoms with Gasteiger partial charge in [-0.05, 0) is 42.7 Å². The Balaban J connectivity index is 1.96. The molecule has 0 N–H and O–H groups in total. The molecular weight excluding hydrogens is 268 g/mol. The Bertz CT molecular complexity index is 633. The maximum Gasteiger partial charge on any atom is 0.0507 e. The van der Waals surface area contributed by atoms with E-state index in [1.165, 1.54) is 54.3 Å². The summed E-state index contributed by atoms with van der Waals surface area (Å²) in [5.74, 6) is 0.470. The van der Waals surface area contributed by atoms with Crippen molar-refractivity contribution in [1.82, 2.24) is 9.88 Å². The summed E-state index contributed by atoms with van der Waals surface area (Å²) in [6.45, 7) is 9.06. The normalized spacial score (nSPS) is 19.9. The Labute approximate surface area is 134 Å². The number of likely N-dealkylation sites (tertiary alicyclic amines) is 1. The van der Waals surface area contributed by atoms with Crippen LogP contribution in [0, 0.1) is 0 Å². The van der Waals surface area contributed by atoms with E-state index in [0.29, 0.717) is 5.92 Å². The zero-order chi connectivity index (χ0) is 15.5. The predicted molar refractivity (Wildman–Crippen MR) is 94.2 cm³/mol. The molecule has 0 aliphatic carbocycles. The summed E-state index contributed by atoms with van der Waals surface area (Å²) in [5, 5.41) is 2.72. The fourth-order valence-electron chi connectivity index (χ4n) is 3.81. The second-order valence-corrected chi connectivity index (χ2v) is 6.90. The van der Waals surface area contributed by atoms with Crippen LogP contribution in [0.1, 0.15) is 63.6 Å². The highest BCUT2D eigenvalue weighted by Gasteiger charge is 2.21. The molecule has 2 nitrogen and oxygen atoms in total. The smallest absolute Gasteiger partial charge is 0.0507 e. The van der Waals surface area contributed by atoms with Crippen LogP contribution in [0.4, 0.5) is 0 Å². The number of hydrogen-bond donors (Lipinski definition) is 0. The van der Waals surface area contributed by atoms with Crippen LogP contribution in [0.15, 0.2) is 30.5 Å². The Hall–Kier alpha value is -1.41. The van der Waals surface area contributed by atoms with Gasteiger partial charge in [-0.25, -0.2) is 0 Å². The third-order valence-electron chi connectivity index (χ3n) is 5.05. The minimum Gasteiger partial charge on any atom is -0.296 e. The Morgan fingerprint density at radius 1 is 1.18 bits per heavy atom. The van der Waals surface area contributed by atoms with Crippen molar-refractivity contribution in [3.8, 4) is 0 Å². The molecule has 2 heterocycles. The van der Waals surface area contributed by atoms with E-state index in [1.807, 2.05) is 0 Å². The van der Waals surface area contributed by atoms with Crippen molar-refractivity contribution in [2.24, 2.45) is 0 Å². The molecule has 1 unspecified atom stereocenters. The molecule has 0 amide bonds. The minimum atomic E-state index is 0.470. The molecule has 0 saturated carbocycles. The number of nitrogens with zero attached hydrogens (tertiary/aromatic N) is 2. The molecule has 1 atom stereocenters. The number of hydrogen-bond acceptors (Lipinski definition) is 2. The van der Waals surface area contributed by atoms with E-state index in [4.69, 9.17) is 4.98 Å². The van der Waals surface area contributed by atoms with Crippen LogP contribution >= 0.6 is 0 Å². The molecule has 1 aromatic heterocycles. The van der Waals surface area contributed by atoms with Gasteiger partial charge in [0.05, 0.1) is 5.69 Å². The fourth-order valence-corrected chi connectivity index (χ4v) is 3.81. The van der Waals surface area contributed by atoms with Crippen LogP contribution in [0.25, 0.3) is 10.8 Å². The third-order valence-corrected chi connectivity index (χ3v) is 5.05. The lowest BCUT2D eigenvalue weighted by atomic mass is 9.96. The number of piperidine rings is 1. The van der Waals surface area contributed by atoms with Gasteiger partial charge in [-0.1, -0.05) is 51.5 Å². The van der Waals surface area contributed by atoms with Gasteiger partial charge in [-0.15, -0.1) is 0 Å². The van der Waals surface area contributed by atoms with E-state index in [1.54, 1.807) is 0 Å². The zero-order valence-electron chi connectivity index (χ0n) is 14.2. The van der Waals surface area contributed by atoms with Gasteiger partial charge in [-0.3, -0.25) is 9.88 Å². The van der Waals surface area contributed by atoms with Crippen molar-refractivity contribution in [3.63, 3.8) is 0 Å². The Morgan fingerprint density at radius 2 is 1.95 bits per heavy atom. The first-order chi connectivity index (χ1) is 10.7. The average molecular weight is 296 g/mol. The molecule has 118 valence electrons. The highest BCUT2D eigenvalue weighted by Crippen LogP contribution is 2.28. The number of benzene rings is 1. The topological polar surface area (TPSA) is 16.1 Å². The van der Waals surface area contributed by atoms with Crippen molar-refractivity contribution in [3.05, 3.63) is 41.7 Å². The van der Waals surface area contributed by atoms with Gasteiger partial charge in [0.25, 0.3) is 0 Å². The van der Waals surface area contributed by atoms with E-state index in [9.17, 15) is 0 Å². The lowest BCUT2D eigenvalue weighted by molar-refractivity contribution is 0.136. The quantitative estimate of drug-likeness (QED) is 0.778. The summed E-state index contributed by atoms with van der Waals surface area (Å²) >= 11 is 0. The zero-order valence-corrected chi connectivity index (χ0v) is 14.2. The van der Waals surface area contributed by atoms with E-state index in [-0.39, 0.29) is 0 Å². The summed E-state index contributed by atoms with van der Waals surface area (Å²) < 4.78 is 0. The summed E-state index contributed by atoms with van der Waals surface area (Å²) in [4.78, 5) is 7.46. The Kier molecular flexibility index (Phi) is 4.77. The maximum absolute atomic E-state index is 4.80. The van der Waals surface area contributed by atoms with Gasteiger partial charge in [0.2, 0.25) is 0 Å². The van der Waals surface area contributed by atoms with Gasteiger partial charge < -0.3 is 0 Å². The van der Waals surface area contributed by atoms with Crippen LogP contribution in [0.2, 0.25) is 0 Å². The highest BCUT2D eigenvalue weighted by molar-refractivity contribution is 5.87. The molecule has 2 heteroatoms. The average Bonchev–Trinajstić information content (AvgIpc) is 2.55. The van der Waals surface area contributed by atoms with E-state index in [2.05, 4.69) is 56.1 Å². The van der Waals surface area contributed by atoms with Gasteiger partial charge >= 0.3 is 0 Å². The molecule has 0 spiro atoms. The van der Waals surface area contributed by atoms with Crippen LogP contribution in [-0.4, -0.2) is 22.5 Å². The monoisotopic (exact) mass is 296 g/mol. The van der Waals surface area contributed by atoms with E-state index >= 15 is 0 Å². The van der Waals surface area contributed by atoms with Crippen molar-refractivity contribution in [2.45, 2.75) is 65.0 Å². The predicted octanol–water partition coefficient (Wildman–Crippen LogP) is 5.12. The number of pyridine rings is 1. The second kappa shape index (κ2) is 6.78. The molecule has 0 bridgehead atoms. The molecule has 1 aliphatic rings. The summed E-state index contributed by atoms with van der Waals surface area (Å²) in [7, 11) is 0. The summed E-state index contributed by atoms with van der Waals surface area (Å²) in [6.07, 6.45) is 7.46. The van der Waals surface area contributed by atoms with Crippen LogP contribution in [0.3, 0.4) is 0 Å². The third kappa shape index (κ3) is 3.03. The molecule has 22 heavy (non-hydrogen) atoms. The Morgan fingerprint density at radius 3 is 2.68 bits per heavy atom. The molecule has 1 aromatic carbocycles. The first kappa shape index (κ1) is 15.5. The van der Waals surface area contributed by atoms with E-state index in [0.717, 1.165) is 12.6 Å². The van der Waals surface area contributed by atoms with Gasteiger partial charge in [0.15, 0.2) is 0 Å². The molecule has 1 saturated heterocycles. The lowest BCUT2D eigenvalue weighted by Gasteiger charge is -2.35. The SMILES string of the molecule is CCC1CCCCN1Cc1cnc(C(C)C)c2ccccc12. The second-order valence-electron chi connectivity index (χ2n) is 6.90. The molecular formula is C20H28N2.